The molecule has 1 aliphatic carbocycles. The van der Waals surface area contributed by atoms with E-state index in [-0.39, 0.29) is 0 Å². The topological polar surface area (TPSA) is 0 Å². The van der Waals surface area contributed by atoms with Gasteiger partial charge in [-0.3, -0.25) is 0 Å². The summed E-state index contributed by atoms with van der Waals surface area (Å²) in [6.45, 7) is 6.77. The molecule has 0 heterocycles. The van der Waals surface area contributed by atoms with Crippen molar-refractivity contribution >= 4 is 14.1 Å². The fraction of sp³-hybridized carbons (Fsp3) is 0.600. The van der Waals surface area contributed by atoms with Crippen molar-refractivity contribution in [3.8, 4) is 0 Å². The van der Waals surface area contributed by atoms with Gasteiger partial charge in [0.2, 0.25) is 0 Å². The van der Waals surface area contributed by atoms with Crippen LogP contribution < -0.4 is 0 Å². The third-order valence-corrected chi connectivity index (χ3v) is 4.96. The maximum atomic E-state index is 2.46. The van der Waals surface area contributed by atoms with E-state index in [2.05, 4.69) is 38.4 Å². The second kappa shape index (κ2) is 3.17. The zero-order valence-corrected chi connectivity index (χ0v) is 9.39. The number of hydrogen-bond donors (Lipinski definition) is 0. The second-order valence-corrected chi connectivity index (χ2v) is 7.13. The lowest BCUT2D eigenvalue weighted by Gasteiger charge is -2.10. The zero-order chi connectivity index (χ0) is 8.59. The highest BCUT2D eigenvalue weighted by molar-refractivity contribution is 6.59. The molecule has 1 atom stereocenters. The second-order valence-electron chi connectivity index (χ2n) is 3.93. The van der Waals surface area contributed by atoms with Gasteiger partial charge in [-0.2, -0.15) is 0 Å². The first kappa shape index (κ1) is 9.10. The monoisotopic (exact) mass is 164 g/mol. The SMILES string of the molecule is CC1=C[CH]([Al]([CH3])[CH3])C(C)=C1C. The molecular formula is C10H17Al. The van der Waals surface area contributed by atoms with Crippen LogP contribution in [0.5, 0.6) is 0 Å². The van der Waals surface area contributed by atoms with Crippen molar-refractivity contribution in [1.82, 2.24) is 0 Å². The molecule has 0 bridgehead atoms. The quantitative estimate of drug-likeness (QED) is 0.521. The van der Waals surface area contributed by atoms with Gasteiger partial charge < -0.3 is 0 Å². The Morgan fingerprint density at radius 1 is 1.18 bits per heavy atom. The molecule has 1 heteroatoms. The zero-order valence-electron chi connectivity index (χ0n) is 8.23. The normalized spacial score (nSPS) is 24.1. The Morgan fingerprint density at radius 2 is 1.73 bits per heavy atom. The van der Waals surface area contributed by atoms with Gasteiger partial charge in [0.15, 0.2) is 0 Å². The molecule has 0 aromatic rings. The first-order valence-electron chi connectivity index (χ1n) is 4.40. The summed E-state index contributed by atoms with van der Waals surface area (Å²) in [7, 11) is 0. The summed E-state index contributed by atoms with van der Waals surface area (Å²) >= 11 is -0.492. The van der Waals surface area contributed by atoms with Crippen LogP contribution in [0.15, 0.2) is 22.8 Å². The van der Waals surface area contributed by atoms with Crippen molar-refractivity contribution in [3.63, 3.8) is 0 Å². The smallest absolute Gasteiger partial charge is 0.105 e. The number of allylic oxidation sites excluding steroid dienone is 4. The highest BCUT2D eigenvalue weighted by atomic mass is 27.2. The highest BCUT2D eigenvalue weighted by Crippen LogP contribution is 2.36. The molecule has 0 spiro atoms. The van der Waals surface area contributed by atoms with E-state index in [9.17, 15) is 0 Å². The van der Waals surface area contributed by atoms with Crippen LogP contribution >= 0.6 is 0 Å². The molecule has 0 fully saturated rings. The van der Waals surface area contributed by atoms with Crippen LogP contribution in [0.4, 0.5) is 0 Å². The third-order valence-electron chi connectivity index (χ3n) is 2.83. The first-order chi connectivity index (χ1) is 5.04. The minimum Gasteiger partial charge on any atom is -0.105 e. The molecule has 60 valence electrons. The van der Waals surface area contributed by atoms with Gasteiger partial charge in [0.1, 0.15) is 0 Å². The Labute approximate surface area is 74.4 Å². The minimum absolute atomic E-state index is 0.492. The van der Waals surface area contributed by atoms with Crippen LogP contribution in [0, 0.1) is 0 Å². The molecule has 0 saturated heterocycles. The van der Waals surface area contributed by atoms with Gasteiger partial charge in [0.25, 0.3) is 14.1 Å². The lowest BCUT2D eigenvalue weighted by atomic mass is 10.1. The molecular weight excluding hydrogens is 147 g/mol. The summed E-state index contributed by atoms with van der Waals surface area (Å²) in [5.41, 5.74) is 4.68. The van der Waals surface area contributed by atoms with E-state index >= 15 is 0 Å². The van der Waals surface area contributed by atoms with Gasteiger partial charge >= 0.3 is 0 Å². The summed E-state index contributed by atoms with van der Waals surface area (Å²) in [5.74, 6) is 4.85. The molecule has 0 N–H and O–H groups in total. The van der Waals surface area contributed by atoms with Gasteiger partial charge in [-0.15, -0.1) is 11.6 Å². The van der Waals surface area contributed by atoms with Gasteiger partial charge in [-0.1, -0.05) is 22.8 Å². The summed E-state index contributed by atoms with van der Waals surface area (Å²) in [6.07, 6.45) is 2.46. The summed E-state index contributed by atoms with van der Waals surface area (Å²) in [6, 6.07) is 0. The lowest BCUT2D eigenvalue weighted by Crippen LogP contribution is -2.09. The van der Waals surface area contributed by atoms with E-state index in [0.29, 0.717) is 0 Å². The molecule has 1 aliphatic rings. The molecule has 0 amide bonds. The Kier molecular flexibility index (Phi) is 2.62. The van der Waals surface area contributed by atoms with E-state index in [1.807, 2.05) is 0 Å². The molecule has 0 radical (unpaired) electrons. The van der Waals surface area contributed by atoms with Crippen molar-refractivity contribution in [2.45, 2.75) is 37.1 Å². The Morgan fingerprint density at radius 3 is 1.91 bits per heavy atom. The van der Waals surface area contributed by atoms with E-state index in [4.69, 9.17) is 0 Å². The molecule has 0 aromatic carbocycles. The van der Waals surface area contributed by atoms with Crippen molar-refractivity contribution in [2.24, 2.45) is 0 Å². The van der Waals surface area contributed by atoms with Gasteiger partial charge in [-0.05, 0) is 25.6 Å². The van der Waals surface area contributed by atoms with Crippen molar-refractivity contribution in [1.29, 1.82) is 0 Å². The van der Waals surface area contributed by atoms with Crippen LogP contribution in [0.3, 0.4) is 0 Å². The third kappa shape index (κ3) is 1.60. The van der Waals surface area contributed by atoms with E-state index in [0.717, 1.165) is 4.78 Å². The summed E-state index contributed by atoms with van der Waals surface area (Å²) in [4.78, 5) is 0. The van der Waals surface area contributed by atoms with Crippen LogP contribution in [-0.2, 0) is 0 Å². The van der Waals surface area contributed by atoms with Crippen LogP contribution in [0.25, 0.3) is 0 Å². The van der Waals surface area contributed by atoms with E-state index in [1.165, 1.54) is 11.1 Å². The predicted molar refractivity (Wildman–Crippen MR) is 53.4 cm³/mol. The van der Waals surface area contributed by atoms with Gasteiger partial charge in [-0.25, -0.2) is 0 Å². The molecule has 0 aliphatic heterocycles. The van der Waals surface area contributed by atoms with Gasteiger partial charge in [0.05, 0.1) is 0 Å². The molecule has 0 aromatic heterocycles. The molecule has 11 heavy (non-hydrogen) atoms. The Bertz CT molecular complexity index is 221. The van der Waals surface area contributed by atoms with Crippen molar-refractivity contribution in [3.05, 3.63) is 22.8 Å². The fourth-order valence-electron chi connectivity index (χ4n) is 1.77. The van der Waals surface area contributed by atoms with Crippen molar-refractivity contribution in [2.75, 3.05) is 0 Å². The predicted octanol–water partition coefficient (Wildman–Crippen LogP) is 3.41. The van der Waals surface area contributed by atoms with Crippen molar-refractivity contribution < 1.29 is 0 Å². The largest absolute Gasteiger partial charge is 0.270 e. The van der Waals surface area contributed by atoms with E-state index < -0.39 is 14.1 Å². The molecule has 0 nitrogen and oxygen atoms in total. The highest BCUT2D eigenvalue weighted by Gasteiger charge is 2.23. The van der Waals surface area contributed by atoms with Crippen LogP contribution in [-0.4, -0.2) is 14.1 Å². The molecule has 0 saturated carbocycles. The maximum Gasteiger partial charge on any atom is 0.270 e. The standard InChI is InChI=1S/C8H11.2CH3.Al/c1-6-4-5-7(2)8(6)3;;;/h4-5H,1-3H3;2*1H3;. The number of rotatable bonds is 1. The first-order valence-corrected chi connectivity index (χ1v) is 7.37. The number of hydrogen-bond acceptors (Lipinski definition) is 0. The Hall–Kier alpha value is 0.0125. The van der Waals surface area contributed by atoms with Gasteiger partial charge in [0, 0.05) is 0 Å². The Balaban J connectivity index is 2.91. The summed E-state index contributed by atoms with van der Waals surface area (Å²) in [5, 5.41) is 0. The maximum absolute atomic E-state index is 2.46. The minimum atomic E-state index is -0.492. The van der Waals surface area contributed by atoms with E-state index in [1.54, 1.807) is 5.57 Å². The average molecular weight is 164 g/mol. The summed E-state index contributed by atoms with van der Waals surface area (Å²) < 4.78 is 0.843. The lowest BCUT2D eigenvalue weighted by molar-refractivity contribution is 1.17. The molecule has 1 unspecified atom stereocenters. The van der Waals surface area contributed by atoms with Crippen LogP contribution in [0.2, 0.25) is 16.4 Å². The van der Waals surface area contributed by atoms with Crippen LogP contribution in [0.1, 0.15) is 20.8 Å². The average Bonchev–Trinajstić information content (AvgIpc) is 2.17. The fourth-order valence-corrected chi connectivity index (χ4v) is 3.70. The molecule has 1 rings (SSSR count).